The Balaban J connectivity index is 2.20. The van der Waals surface area contributed by atoms with E-state index in [-0.39, 0.29) is 5.91 Å². The van der Waals surface area contributed by atoms with E-state index in [1.54, 1.807) is 43.6 Å². The fourth-order valence-electron chi connectivity index (χ4n) is 1.77. The van der Waals surface area contributed by atoms with Crippen LogP contribution in [0.4, 0.5) is 5.69 Å². The number of aromatic nitrogens is 1. The lowest BCUT2D eigenvalue weighted by atomic mass is 10.2. The van der Waals surface area contributed by atoms with E-state index in [4.69, 9.17) is 9.47 Å². The molecule has 0 aliphatic carbocycles. The highest BCUT2D eigenvalue weighted by molar-refractivity contribution is 9.10. The van der Waals surface area contributed by atoms with Gasteiger partial charge in [-0.1, -0.05) is 0 Å². The minimum absolute atomic E-state index is 0.249. The first kappa shape index (κ1) is 15.3. The van der Waals surface area contributed by atoms with Crippen LogP contribution < -0.4 is 14.8 Å². The predicted octanol–water partition coefficient (Wildman–Crippen LogP) is 3.50. The van der Waals surface area contributed by atoms with Crippen molar-refractivity contribution in [3.63, 3.8) is 0 Å². The second-order valence-electron chi connectivity index (χ2n) is 4.09. The smallest absolute Gasteiger partial charge is 0.258 e. The molecule has 6 heteroatoms. The van der Waals surface area contributed by atoms with Gasteiger partial charge in [0.15, 0.2) is 11.5 Å². The molecule has 0 aliphatic heterocycles. The number of hydrogen-bond donors (Lipinski definition) is 1. The molecule has 0 saturated heterocycles. The quantitative estimate of drug-likeness (QED) is 0.838. The van der Waals surface area contributed by atoms with Crippen LogP contribution in [0.25, 0.3) is 0 Å². The van der Waals surface area contributed by atoms with E-state index in [2.05, 4.69) is 26.2 Å². The number of carbonyl (C=O) groups is 1. The Hall–Kier alpha value is -2.08. The van der Waals surface area contributed by atoms with Gasteiger partial charge >= 0.3 is 0 Å². The predicted molar refractivity (Wildman–Crippen MR) is 84.1 cm³/mol. The molecule has 1 aromatic carbocycles. The molecule has 2 aromatic rings. The monoisotopic (exact) mass is 350 g/mol. The highest BCUT2D eigenvalue weighted by Crippen LogP contribution is 2.30. The number of ether oxygens (including phenoxy) is 2. The molecule has 0 saturated carbocycles. The van der Waals surface area contributed by atoms with E-state index in [9.17, 15) is 4.79 Å². The van der Waals surface area contributed by atoms with Crippen LogP contribution in [0.3, 0.4) is 0 Å². The van der Waals surface area contributed by atoms with Gasteiger partial charge in [0.2, 0.25) is 0 Å². The van der Waals surface area contributed by atoms with Gasteiger partial charge in [-0.25, -0.2) is 4.98 Å². The average molecular weight is 351 g/mol. The van der Waals surface area contributed by atoms with Crippen LogP contribution >= 0.6 is 15.9 Å². The van der Waals surface area contributed by atoms with Crippen LogP contribution in [0, 0.1) is 0 Å². The van der Waals surface area contributed by atoms with E-state index in [0.29, 0.717) is 34.0 Å². The Bertz CT molecular complexity index is 647. The van der Waals surface area contributed by atoms with Crippen molar-refractivity contribution in [3.05, 3.63) is 46.7 Å². The fourth-order valence-corrected chi connectivity index (χ4v) is 2.20. The topological polar surface area (TPSA) is 60.5 Å². The molecule has 1 N–H and O–H groups in total. The first-order valence-corrected chi connectivity index (χ1v) is 7.17. The number of anilines is 1. The summed E-state index contributed by atoms with van der Waals surface area (Å²) in [5.74, 6) is 0.960. The molecule has 21 heavy (non-hydrogen) atoms. The van der Waals surface area contributed by atoms with Crippen molar-refractivity contribution < 1.29 is 14.3 Å². The summed E-state index contributed by atoms with van der Waals surface area (Å²) in [4.78, 5) is 16.2. The zero-order valence-electron chi connectivity index (χ0n) is 11.7. The maximum atomic E-state index is 12.2. The Morgan fingerprint density at radius 2 is 2.14 bits per heavy atom. The van der Waals surface area contributed by atoms with Crippen LogP contribution in [0.1, 0.15) is 17.3 Å². The first-order chi connectivity index (χ1) is 10.2. The molecule has 110 valence electrons. The minimum Gasteiger partial charge on any atom is -0.493 e. The SMILES string of the molecule is CCOc1ccc(NC(=O)c2cccnc2Br)cc1OC. The largest absolute Gasteiger partial charge is 0.493 e. The summed E-state index contributed by atoms with van der Waals surface area (Å²) in [6, 6.07) is 8.63. The lowest BCUT2D eigenvalue weighted by Crippen LogP contribution is -2.13. The number of amides is 1. The van der Waals surface area contributed by atoms with E-state index in [1.165, 1.54) is 0 Å². The van der Waals surface area contributed by atoms with E-state index < -0.39 is 0 Å². The van der Waals surface area contributed by atoms with Gasteiger partial charge in [-0.3, -0.25) is 4.79 Å². The van der Waals surface area contributed by atoms with Gasteiger partial charge in [-0.05, 0) is 47.1 Å². The normalized spacial score (nSPS) is 10.0. The number of nitrogens with zero attached hydrogens (tertiary/aromatic N) is 1. The maximum absolute atomic E-state index is 12.2. The number of benzene rings is 1. The molecule has 0 spiro atoms. The molecule has 2 rings (SSSR count). The third kappa shape index (κ3) is 3.72. The van der Waals surface area contributed by atoms with Gasteiger partial charge in [-0.15, -0.1) is 0 Å². The lowest BCUT2D eigenvalue weighted by molar-refractivity contribution is 0.102. The third-order valence-corrected chi connectivity index (χ3v) is 3.36. The highest BCUT2D eigenvalue weighted by atomic mass is 79.9. The zero-order chi connectivity index (χ0) is 15.2. The van der Waals surface area contributed by atoms with Crippen molar-refractivity contribution in [1.29, 1.82) is 0 Å². The Morgan fingerprint density at radius 3 is 2.81 bits per heavy atom. The minimum atomic E-state index is -0.249. The zero-order valence-corrected chi connectivity index (χ0v) is 13.3. The fraction of sp³-hybridized carbons (Fsp3) is 0.200. The number of halogens is 1. The summed E-state index contributed by atoms with van der Waals surface area (Å²) in [5.41, 5.74) is 1.08. The summed E-state index contributed by atoms with van der Waals surface area (Å²) in [7, 11) is 1.56. The molecule has 0 bridgehead atoms. The summed E-state index contributed by atoms with van der Waals surface area (Å²) >= 11 is 3.25. The molecule has 0 atom stereocenters. The molecular weight excluding hydrogens is 336 g/mol. The summed E-state index contributed by atoms with van der Waals surface area (Å²) < 4.78 is 11.2. The third-order valence-electron chi connectivity index (χ3n) is 2.73. The number of rotatable bonds is 5. The number of carbonyl (C=O) groups excluding carboxylic acids is 1. The van der Waals surface area contributed by atoms with Crippen molar-refractivity contribution in [1.82, 2.24) is 4.98 Å². The number of nitrogens with one attached hydrogen (secondary N) is 1. The van der Waals surface area contributed by atoms with E-state index in [0.717, 1.165) is 0 Å². The second kappa shape index (κ2) is 7.08. The molecule has 0 aliphatic rings. The average Bonchev–Trinajstić information content (AvgIpc) is 2.49. The highest BCUT2D eigenvalue weighted by Gasteiger charge is 2.12. The van der Waals surface area contributed by atoms with Gasteiger partial charge in [-0.2, -0.15) is 0 Å². The van der Waals surface area contributed by atoms with Gasteiger partial charge < -0.3 is 14.8 Å². The van der Waals surface area contributed by atoms with Crippen LogP contribution in [-0.2, 0) is 0 Å². The van der Waals surface area contributed by atoms with Crippen molar-refractivity contribution in [2.75, 3.05) is 19.0 Å². The summed E-state index contributed by atoms with van der Waals surface area (Å²) in [5, 5.41) is 2.80. The molecule has 0 fully saturated rings. The number of pyridine rings is 1. The summed E-state index contributed by atoms with van der Waals surface area (Å²) in [6.07, 6.45) is 1.61. The standard InChI is InChI=1S/C15H15BrN2O3/c1-3-21-12-7-6-10(9-13(12)20-2)18-15(19)11-5-4-8-17-14(11)16/h4-9H,3H2,1-2H3,(H,18,19). The number of methoxy groups -OCH3 is 1. The molecule has 0 radical (unpaired) electrons. The molecule has 0 unspecified atom stereocenters. The summed E-state index contributed by atoms with van der Waals surface area (Å²) in [6.45, 7) is 2.44. The van der Waals surface area contributed by atoms with Gasteiger partial charge in [0.1, 0.15) is 4.60 Å². The van der Waals surface area contributed by atoms with Crippen LogP contribution in [-0.4, -0.2) is 24.6 Å². The van der Waals surface area contributed by atoms with Crippen molar-refractivity contribution >= 4 is 27.5 Å². The Kier molecular flexibility index (Phi) is 5.16. The molecule has 1 heterocycles. The van der Waals surface area contributed by atoms with Crippen molar-refractivity contribution in [2.45, 2.75) is 6.92 Å². The van der Waals surface area contributed by atoms with Gasteiger partial charge in [0.25, 0.3) is 5.91 Å². The second-order valence-corrected chi connectivity index (χ2v) is 4.85. The van der Waals surface area contributed by atoms with Gasteiger partial charge in [0.05, 0.1) is 19.3 Å². The first-order valence-electron chi connectivity index (χ1n) is 6.38. The Morgan fingerprint density at radius 1 is 1.33 bits per heavy atom. The molecule has 1 amide bonds. The number of hydrogen-bond acceptors (Lipinski definition) is 4. The van der Waals surface area contributed by atoms with E-state index in [1.807, 2.05) is 6.92 Å². The van der Waals surface area contributed by atoms with Crippen molar-refractivity contribution in [3.8, 4) is 11.5 Å². The lowest BCUT2D eigenvalue weighted by Gasteiger charge is -2.12. The van der Waals surface area contributed by atoms with Crippen molar-refractivity contribution in [2.24, 2.45) is 0 Å². The van der Waals surface area contributed by atoms with Crippen LogP contribution in [0.5, 0.6) is 11.5 Å². The van der Waals surface area contributed by atoms with Crippen LogP contribution in [0.15, 0.2) is 41.1 Å². The maximum Gasteiger partial charge on any atom is 0.258 e. The molecular formula is C15H15BrN2O3. The van der Waals surface area contributed by atoms with Gasteiger partial charge in [0, 0.05) is 18.0 Å². The van der Waals surface area contributed by atoms with Crippen LogP contribution in [0.2, 0.25) is 0 Å². The molecule has 5 nitrogen and oxygen atoms in total. The Labute approximate surface area is 131 Å². The molecule has 1 aromatic heterocycles. The van der Waals surface area contributed by atoms with E-state index >= 15 is 0 Å².